The highest BCUT2D eigenvalue weighted by Gasteiger charge is 2.00. The van der Waals surface area contributed by atoms with Crippen LogP contribution in [0, 0.1) is 26.2 Å². The van der Waals surface area contributed by atoms with Gasteiger partial charge in [-0.15, -0.1) is 12.3 Å². The van der Waals surface area contributed by atoms with Gasteiger partial charge in [-0.2, -0.15) is 0 Å². The molecule has 0 aliphatic heterocycles. The fourth-order valence-corrected chi connectivity index (χ4v) is 1.45. The Morgan fingerprint density at radius 2 is 2.07 bits per heavy atom. The Labute approximate surface area is 92.9 Å². The van der Waals surface area contributed by atoms with Gasteiger partial charge in [0, 0.05) is 19.0 Å². The van der Waals surface area contributed by atoms with Gasteiger partial charge >= 0.3 is 0 Å². The third-order valence-electron chi connectivity index (χ3n) is 2.65. The Morgan fingerprint density at radius 3 is 2.67 bits per heavy atom. The number of benzene rings is 1. The Hall–Kier alpha value is -1.26. The lowest BCUT2D eigenvalue weighted by molar-refractivity contribution is 0.559. The van der Waals surface area contributed by atoms with Crippen molar-refractivity contribution in [3.05, 3.63) is 34.9 Å². The average molecular weight is 201 g/mol. The summed E-state index contributed by atoms with van der Waals surface area (Å²) in [5, 5.41) is 3.40. The fourth-order valence-electron chi connectivity index (χ4n) is 1.45. The lowest BCUT2D eigenvalue weighted by Crippen LogP contribution is -2.24. The minimum absolute atomic E-state index is 0.386. The highest BCUT2D eigenvalue weighted by molar-refractivity contribution is 5.29. The number of nitrogens with one attached hydrogen (secondary N) is 1. The summed E-state index contributed by atoms with van der Waals surface area (Å²) >= 11 is 0. The molecule has 1 unspecified atom stereocenters. The summed E-state index contributed by atoms with van der Waals surface area (Å²) in [6, 6.07) is 6.94. The quantitative estimate of drug-likeness (QED) is 0.739. The molecule has 1 heteroatoms. The molecule has 0 heterocycles. The van der Waals surface area contributed by atoms with Gasteiger partial charge in [-0.1, -0.05) is 18.2 Å². The van der Waals surface area contributed by atoms with Crippen molar-refractivity contribution < 1.29 is 0 Å². The third kappa shape index (κ3) is 3.77. The van der Waals surface area contributed by atoms with E-state index in [0.717, 1.165) is 13.0 Å². The van der Waals surface area contributed by atoms with Gasteiger partial charge in [0.1, 0.15) is 0 Å². The third-order valence-corrected chi connectivity index (χ3v) is 2.65. The summed E-state index contributed by atoms with van der Waals surface area (Å²) in [7, 11) is 0. The monoisotopic (exact) mass is 201 g/mol. The number of terminal acetylenes is 1. The number of rotatable bonds is 4. The van der Waals surface area contributed by atoms with E-state index in [4.69, 9.17) is 6.42 Å². The van der Waals surface area contributed by atoms with Crippen LogP contribution < -0.4 is 5.32 Å². The van der Waals surface area contributed by atoms with Crippen molar-refractivity contribution in [2.75, 3.05) is 0 Å². The lowest BCUT2D eigenvalue weighted by Gasteiger charge is -2.11. The van der Waals surface area contributed by atoms with E-state index in [1.165, 1.54) is 16.7 Å². The molecule has 0 spiro atoms. The predicted octanol–water partition coefficient (Wildman–Crippen LogP) is 2.80. The van der Waals surface area contributed by atoms with Crippen LogP contribution in [0.15, 0.2) is 18.2 Å². The van der Waals surface area contributed by atoms with Gasteiger partial charge in [-0.3, -0.25) is 0 Å². The van der Waals surface area contributed by atoms with Crippen molar-refractivity contribution in [3.8, 4) is 12.3 Å². The maximum atomic E-state index is 5.25. The van der Waals surface area contributed by atoms with Gasteiger partial charge < -0.3 is 5.32 Å². The topological polar surface area (TPSA) is 12.0 Å². The second-order valence-corrected chi connectivity index (χ2v) is 4.11. The molecular weight excluding hydrogens is 182 g/mol. The molecule has 0 aromatic heterocycles. The highest BCUT2D eigenvalue weighted by Crippen LogP contribution is 2.09. The minimum Gasteiger partial charge on any atom is -0.309 e. The van der Waals surface area contributed by atoms with Crippen molar-refractivity contribution in [1.29, 1.82) is 0 Å². The second-order valence-electron chi connectivity index (χ2n) is 4.11. The molecule has 0 aliphatic rings. The Morgan fingerprint density at radius 1 is 1.33 bits per heavy atom. The summed E-state index contributed by atoms with van der Waals surface area (Å²) in [4.78, 5) is 0. The van der Waals surface area contributed by atoms with E-state index in [9.17, 15) is 0 Å². The van der Waals surface area contributed by atoms with Gasteiger partial charge in [-0.25, -0.2) is 0 Å². The zero-order valence-electron chi connectivity index (χ0n) is 9.80. The van der Waals surface area contributed by atoms with Gasteiger partial charge in [0.2, 0.25) is 0 Å². The van der Waals surface area contributed by atoms with Crippen molar-refractivity contribution in [2.45, 2.75) is 39.8 Å². The Balaban J connectivity index is 2.51. The smallest absolute Gasteiger partial charge is 0.0238 e. The molecule has 1 atom stereocenters. The molecule has 0 aliphatic carbocycles. The molecule has 0 bridgehead atoms. The molecule has 0 amide bonds. The normalized spacial score (nSPS) is 12.1. The molecule has 15 heavy (non-hydrogen) atoms. The van der Waals surface area contributed by atoms with Gasteiger partial charge in [-0.05, 0) is 37.5 Å². The second kappa shape index (κ2) is 5.58. The van der Waals surface area contributed by atoms with Crippen molar-refractivity contribution in [1.82, 2.24) is 5.32 Å². The van der Waals surface area contributed by atoms with E-state index < -0.39 is 0 Å². The predicted molar refractivity (Wildman–Crippen MR) is 65.7 cm³/mol. The largest absolute Gasteiger partial charge is 0.309 e. The highest BCUT2D eigenvalue weighted by atomic mass is 14.9. The maximum absolute atomic E-state index is 5.25. The molecule has 0 radical (unpaired) electrons. The Kier molecular flexibility index (Phi) is 4.39. The van der Waals surface area contributed by atoms with Crippen molar-refractivity contribution in [3.63, 3.8) is 0 Å². The van der Waals surface area contributed by atoms with E-state index in [0.29, 0.717) is 6.04 Å². The van der Waals surface area contributed by atoms with Crippen LogP contribution in [0.3, 0.4) is 0 Å². The summed E-state index contributed by atoms with van der Waals surface area (Å²) in [5.41, 5.74) is 4.01. The van der Waals surface area contributed by atoms with Crippen LogP contribution in [-0.4, -0.2) is 6.04 Å². The summed E-state index contributed by atoms with van der Waals surface area (Å²) in [5.74, 6) is 2.66. The van der Waals surface area contributed by atoms with Crippen LogP contribution in [-0.2, 0) is 6.54 Å². The number of aryl methyl sites for hydroxylation is 2. The van der Waals surface area contributed by atoms with Gasteiger partial charge in [0.15, 0.2) is 0 Å². The average Bonchev–Trinajstić information content (AvgIpc) is 2.20. The molecule has 80 valence electrons. The SMILES string of the molecule is C#CCC(C)NCc1ccc(C)c(C)c1. The van der Waals surface area contributed by atoms with Crippen LogP contribution in [0.5, 0.6) is 0 Å². The van der Waals surface area contributed by atoms with E-state index in [2.05, 4.69) is 50.2 Å². The van der Waals surface area contributed by atoms with Gasteiger partial charge in [0.05, 0.1) is 0 Å². The van der Waals surface area contributed by atoms with Crippen molar-refractivity contribution in [2.24, 2.45) is 0 Å². The fraction of sp³-hybridized carbons (Fsp3) is 0.429. The molecular formula is C14H19N. The molecule has 0 fully saturated rings. The summed E-state index contributed by atoms with van der Waals surface area (Å²) in [6.45, 7) is 7.28. The standard InChI is InChI=1S/C14H19N/c1-5-6-13(4)15-10-14-8-7-11(2)12(3)9-14/h1,7-9,13,15H,6,10H2,2-4H3. The van der Waals surface area contributed by atoms with E-state index in [-0.39, 0.29) is 0 Å². The molecule has 1 rings (SSSR count). The van der Waals surface area contributed by atoms with Crippen LogP contribution >= 0.6 is 0 Å². The first-order valence-corrected chi connectivity index (χ1v) is 5.36. The van der Waals surface area contributed by atoms with Crippen molar-refractivity contribution >= 4 is 0 Å². The summed E-state index contributed by atoms with van der Waals surface area (Å²) < 4.78 is 0. The molecule has 1 N–H and O–H groups in total. The molecule has 1 nitrogen and oxygen atoms in total. The van der Waals surface area contributed by atoms with E-state index >= 15 is 0 Å². The first kappa shape index (κ1) is 11.8. The molecule has 1 aromatic rings. The number of hydrogen-bond acceptors (Lipinski definition) is 1. The maximum Gasteiger partial charge on any atom is 0.0238 e. The zero-order chi connectivity index (χ0) is 11.3. The molecule has 1 aromatic carbocycles. The van der Waals surface area contributed by atoms with Crippen LogP contribution in [0.1, 0.15) is 30.0 Å². The first-order chi connectivity index (χ1) is 7.13. The number of hydrogen-bond donors (Lipinski definition) is 1. The zero-order valence-corrected chi connectivity index (χ0v) is 9.80. The van der Waals surface area contributed by atoms with Gasteiger partial charge in [0.25, 0.3) is 0 Å². The van der Waals surface area contributed by atoms with E-state index in [1.54, 1.807) is 0 Å². The van der Waals surface area contributed by atoms with Crippen LogP contribution in [0.4, 0.5) is 0 Å². The van der Waals surface area contributed by atoms with Crippen LogP contribution in [0.25, 0.3) is 0 Å². The minimum atomic E-state index is 0.386. The van der Waals surface area contributed by atoms with Crippen LogP contribution in [0.2, 0.25) is 0 Å². The lowest BCUT2D eigenvalue weighted by atomic mass is 10.1. The first-order valence-electron chi connectivity index (χ1n) is 5.36. The van der Waals surface area contributed by atoms with E-state index in [1.807, 2.05) is 0 Å². The summed E-state index contributed by atoms with van der Waals surface area (Å²) in [6.07, 6.45) is 6.03. The molecule has 0 saturated heterocycles. The molecule has 0 saturated carbocycles. The Bertz CT molecular complexity index is 360.